The summed E-state index contributed by atoms with van der Waals surface area (Å²) < 4.78 is 3.14. The molecule has 2 atom stereocenters. The number of carbonyl (C=O) groups is 2. The summed E-state index contributed by atoms with van der Waals surface area (Å²) in [5.74, 6) is 0.451. The smallest absolute Gasteiger partial charge is 0.248 e. The Balaban J connectivity index is 1.86. The van der Waals surface area contributed by atoms with E-state index in [9.17, 15) is 9.59 Å². The quantitative estimate of drug-likeness (QED) is 0.476. The molecule has 5 nitrogen and oxygen atoms in total. The zero-order chi connectivity index (χ0) is 16.3. The third-order valence-corrected chi connectivity index (χ3v) is 6.79. The fraction of sp³-hybridized carbons (Fsp3) is 0.267. The number of thiol groups is 1. The molecule has 4 heterocycles. The van der Waals surface area contributed by atoms with Gasteiger partial charge in [-0.3, -0.25) is 14.5 Å². The van der Waals surface area contributed by atoms with Crippen LogP contribution in [0, 0.1) is 0 Å². The van der Waals surface area contributed by atoms with Crippen molar-refractivity contribution in [1.29, 1.82) is 0 Å². The van der Waals surface area contributed by atoms with Crippen LogP contribution in [-0.4, -0.2) is 33.1 Å². The van der Waals surface area contributed by atoms with E-state index in [1.54, 1.807) is 23.1 Å². The SMILES string of the molecule is C[n+]1ccc2sc(C3=C(C(=O)S)N4C(=O)[C@@H](N)[C@H]4SC3)cc2c1. The number of carbonyl (C=O) groups excluding carboxylic acids is 2. The summed E-state index contributed by atoms with van der Waals surface area (Å²) in [6.07, 6.45) is 4.03. The monoisotopic (exact) mass is 364 g/mol. The number of nitrogens with two attached hydrogens (primary N) is 1. The first-order valence-corrected chi connectivity index (χ1v) is 9.34. The van der Waals surface area contributed by atoms with Gasteiger partial charge in [-0.15, -0.1) is 23.1 Å². The van der Waals surface area contributed by atoms with E-state index in [-0.39, 0.29) is 16.4 Å². The predicted molar refractivity (Wildman–Crippen MR) is 95.0 cm³/mol. The van der Waals surface area contributed by atoms with Crippen molar-refractivity contribution in [2.45, 2.75) is 11.4 Å². The summed E-state index contributed by atoms with van der Waals surface area (Å²) in [5.41, 5.74) is 7.09. The maximum Gasteiger partial charge on any atom is 0.248 e. The number of rotatable bonds is 2. The minimum absolute atomic E-state index is 0.149. The number of thiophene rings is 1. The average molecular weight is 364 g/mol. The zero-order valence-electron chi connectivity index (χ0n) is 12.2. The number of fused-ring (bicyclic) bond motifs is 2. The lowest BCUT2D eigenvalue weighted by Gasteiger charge is -2.48. The Morgan fingerprint density at radius 1 is 1.52 bits per heavy atom. The van der Waals surface area contributed by atoms with Crippen molar-refractivity contribution >= 4 is 62.4 Å². The van der Waals surface area contributed by atoms with Crippen molar-refractivity contribution in [3.05, 3.63) is 35.1 Å². The summed E-state index contributed by atoms with van der Waals surface area (Å²) in [6, 6.07) is 3.60. The fourth-order valence-electron chi connectivity index (χ4n) is 2.95. The van der Waals surface area contributed by atoms with E-state index in [1.165, 1.54) is 4.90 Å². The van der Waals surface area contributed by atoms with Crippen molar-refractivity contribution < 1.29 is 14.2 Å². The molecule has 0 unspecified atom stereocenters. The van der Waals surface area contributed by atoms with Crippen LogP contribution < -0.4 is 10.3 Å². The topological polar surface area (TPSA) is 67.3 Å². The zero-order valence-corrected chi connectivity index (χ0v) is 14.8. The Morgan fingerprint density at radius 2 is 2.30 bits per heavy atom. The number of β-lactam (4-membered cyclic amide) rings is 1. The molecule has 1 saturated heterocycles. The van der Waals surface area contributed by atoms with E-state index in [1.807, 2.05) is 24.0 Å². The molecule has 0 bridgehead atoms. The van der Waals surface area contributed by atoms with E-state index in [0.717, 1.165) is 20.5 Å². The van der Waals surface area contributed by atoms with Gasteiger partial charge in [0.2, 0.25) is 11.0 Å². The van der Waals surface area contributed by atoms with Crippen LogP contribution >= 0.6 is 35.7 Å². The third-order valence-electron chi connectivity index (χ3n) is 4.10. The van der Waals surface area contributed by atoms with Gasteiger partial charge in [0, 0.05) is 27.0 Å². The van der Waals surface area contributed by atoms with E-state index >= 15 is 0 Å². The number of aromatic nitrogens is 1. The first-order chi connectivity index (χ1) is 11.0. The highest BCUT2D eigenvalue weighted by Gasteiger charge is 2.51. The third kappa shape index (κ3) is 2.24. The second kappa shape index (κ2) is 5.34. The van der Waals surface area contributed by atoms with Gasteiger partial charge in [0.15, 0.2) is 12.4 Å². The van der Waals surface area contributed by atoms with Crippen LogP contribution in [0.2, 0.25) is 0 Å². The minimum atomic E-state index is -0.523. The second-order valence-electron chi connectivity index (χ2n) is 5.61. The summed E-state index contributed by atoms with van der Waals surface area (Å²) >= 11 is 7.22. The van der Waals surface area contributed by atoms with Gasteiger partial charge in [-0.1, -0.05) is 12.6 Å². The summed E-state index contributed by atoms with van der Waals surface area (Å²) in [6.45, 7) is 0. The molecule has 2 aliphatic rings. The number of hydrogen-bond acceptors (Lipinski definition) is 5. The van der Waals surface area contributed by atoms with Crippen LogP contribution in [0.5, 0.6) is 0 Å². The highest BCUT2D eigenvalue weighted by atomic mass is 32.2. The van der Waals surface area contributed by atoms with Gasteiger partial charge < -0.3 is 5.73 Å². The molecule has 0 aromatic carbocycles. The molecule has 4 rings (SSSR count). The minimum Gasteiger partial charge on any atom is -0.317 e. The first kappa shape index (κ1) is 15.2. The molecule has 23 heavy (non-hydrogen) atoms. The number of aryl methyl sites for hydroxylation is 1. The number of nitrogens with zero attached hydrogens (tertiary/aromatic N) is 2. The molecule has 2 aromatic heterocycles. The molecule has 118 valence electrons. The largest absolute Gasteiger partial charge is 0.317 e. The van der Waals surface area contributed by atoms with Gasteiger partial charge >= 0.3 is 0 Å². The lowest BCUT2D eigenvalue weighted by molar-refractivity contribution is -0.670. The Hall–Kier alpha value is -1.35. The normalized spacial score (nSPS) is 24.0. The molecule has 0 spiro atoms. The van der Waals surface area contributed by atoms with Crippen LogP contribution in [0.1, 0.15) is 4.88 Å². The van der Waals surface area contributed by atoms with Crippen molar-refractivity contribution in [1.82, 2.24) is 4.90 Å². The highest BCUT2D eigenvalue weighted by Crippen LogP contribution is 2.45. The Bertz CT molecular complexity index is 889. The van der Waals surface area contributed by atoms with Crippen molar-refractivity contribution in [3.8, 4) is 0 Å². The first-order valence-electron chi connectivity index (χ1n) is 7.03. The van der Waals surface area contributed by atoms with Crippen molar-refractivity contribution in [2.24, 2.45) is 12.8 Å². The standard InChI is InChI=1S/C15H13N3O2S3/c1-17-3-2-9-7(5-17)4-10(23-9)8-6-22-14-11(16)13(19)18(14)12(8)15(20)21/h2-5,11,14H,6,16H2,1H3/p+1/t11-,14-/m1/s1. The van der Waals surface area contributed by atoms with E-state index in [0.29, 0.717) is 11.4 Å². The maximum absolute atomic E-state index is 12.1. The number of hydrogen-bond donors (Lipinski definition) is 2. The van der Waals surface area contributed by atoms with Crippen LogP contribution in [0.3, 0.4) is 0 Å². The lowest BCUT2D eigenvalue weighted by Crippen LogP contribution is -2.68. The van der Waals surface area contributed by atoms with Crippen LogP contribution in [-0.2, 0) is 16.6 Å². The molecule has 2 aliphatic heterocycles. The summed E-state index contributed by atoms with van der Waals surface area (Å²) in [4.78, 5) is 26.6. The Kier molecular flexibility index (Phi) is 3.53. The van der Waals surface area contributed by atoms with Crippen LogP contribution in [0.15, 0.2) is 30.2 Å². The molecular weight excluding hydrogens is 350 g/mol. The van der Waals surface area contributed by atoms with Gasteiger partial charge in [-0.2, -0.15) is 0 Å². The van der Waals surface area contributed by atoms with Crippen LogP contribution in [0.25, 0.3) is 15.7 Å². The van der Waals surface area contributed by atoms with Crippen molar-refractivity contribution in [2.75, 3.05) is 5.75 Å². The van der Waals surface area contributed by atoms with Gasteiger partial charge in [-0.25, -0.2) is 4.57 Å². The Morgan fingerprint density at radius 3 is 3.04 bits per heavy atom. The molecule has 0 saturated carbocycles. The molecule has 2 aromatic rings. The second-order valence-corrected chi connectivity index (χ2v) is 8.20. The fourth-order valence-corrected chi connectivity index (χ4v) is 5.67. The van der Waals surface area contributed by atoms with Gasteiger partial charge in [0.25, 0.3) is 0 Å². The summed E-state index contributed by atoms with van der Waals surface area (Å²) in [5, 5.41) is 0.588. The predicted octanol–water partition coefficient (Wildman–Crippen LogP) is 1.14. The molecule has 1 amide bonds. The number of amides is 1. The number of pyridine rings is 1. The molecule has 1 fully saturated rings. The van der Waals surface area contributed by atoms with E-state index in [2.05, 4.69) is 24.8 Å². The van der Waals surface area contributed by atoms with Gasteiger partial charge in [-0.05, 0) is 6.07 Å². The van der Waals surface area contributed by atoms with Gasteiger partial charge in [0.1, 0.15) is 24.2 Å². The lowest BCUT2D eigenvalue weighted by atomic mass is 10.0. The molecule has 0 radical (unpaired) electrons. The molecule has 8 heteroatoms. The average Bonchev–Trinajstić information content (AvgIpc) is 2.95. The maximum atomic E-state index is 12.1. The van der Waals surface area contributed by atoms with Crippen LogP contribution in [0.4, 0.5) is 0 Å². The highest BCUT2D eigenvalue weighted by molar-refractivity contribution is 8.00. The van der Waals surface area contributed by atoms with E-state index < -0.39 is 6.04 Å². The number of thioether (sulfide) groups is 1. The summed E-state index contributed by atoms with van der Waals surface area (Å²) in [7, 11) is 1.97. The Labute approximate surface area is 146 Å². The van der Waals surface area contributed by atoms with Crippen molar-refractivity contribution in [3.63, 3.8) is 0 Å². The van der Waals surface area contributed by atoms with E-state index in [4.69, 9.17) is 5.73 Å². The molecule has 2 N–H and O–H groups in total. The molecular formula is C15H14N3O2S3+. The molecule has 0 aliphatic carbocycles. The van der Waals surface area contributed by atoms with Gasteiger partial charge in [0.05, 0.1) is 5.39 Å².